The Morgan fingerprint density at radius 2 is 2.04 bits per heavy atom. The summed E-state index contributed by atoms with van der Waals surface area (Å²) < 4.78 is 13.6. The van der Waals surface area contributed by atoms with Crippen molar-refractivity contribution >= 4 is 11.0 Å². The molecule has 26 heavy (non-hydrogen) atoms. The number of benzene rings is 1. The van der Waals surface area contributed by atoms with Crippen molar-refractivity contribution < 1.29 is 9.47 Å². The second kappa shape index (κ2) is 8.51. The van der Waals surface area contributed by atoms with Crippen LogP contribution in [0.1, 0.15) is 44.3 Å². The molecule has 0 N–H and O–H groups in total. The Kier molecular flexibility index (Phi) is 5.88. The van der Waals surface area contributed by atoms with Crippen LogP contribution in [0.5, 0.6) is 0 Å². The number of imidazole rings is 1. The van der Waals surface area contributed by atoms with E-state index in [1.54, 1.807) is 0 Å². The van der Waals surface area contributed by atoms with Gasteiger partial charge < -0.3 is 14.0 Å². The molecule has 0 amide bonds. The van der Waals surface area contributed by atoms with Crippen LogP contribution in [-0.4, -0.2) is 60.0 Å². The van der Waals surface area contributed by atoms with E-state index in [0.29, 0.717) is 12.0 Å². The highest BCUT2D eigenvalue weighted by Crippen LogP contribution is 2.31. The van der Waals surface area contributed by atoms with Crippen molar-refractivity contribution in [3.8, 4) is 0 Å². The second-order valence-corrected chi connectivity index (χ2v) is 7.48. The standard InChI is InChI=1S/C21H31N3O2/c1-2-25-15-12-24-20-8-4-3-7-19(20)22-21(24)17-6-5-11-23(16-17)18-9-13-26-14-10-18/h3-4,7-8,17-18H,2,5-6,9-16H2,1H3/t17-/m1/s1. The largest absolute Gasteiger partial charge is 0.381 e. The van der Waals surface area contributed by atoms with Gasteiger partial charge in [-0.05, 0) is 51.3 Å². The van der Waals surface area contributed by atoms with Crippen molar-refractivity contribution in [1.29, 1.82) is 0 Å². The van der Waals surface area contributed by atoms with E-state index in [9.17, 15) is 0 Å². The molecule has 0 radical (unpaired) electrons. The first-order valence-electron chi connectivity index (χ1n) is 10.2. The van der Waals surface area contributed by atoms with Crippen molar-refractivity contribution in [3.05, 3.63) is 30.1 Å². The highest BCUT2D eigenvalue weighted by molar-refractivity contribution is 5.76. The van der Waals surface area contributed by atoms with Crippen LogP contribution < -0.4 is 0 Å². The lowest BCUT2D eigenvalue weighted by Gasteiger charge is -2.39. The Morgan fingerprint density at radius 3 is 2.88 bits per heavy atom. The van der Waals surface area contributed by atoms with E-state index in [1.165, 1.54) is 43.6 Å². The van der Waals surface area contributed by atoms with Gasteiger partial charge in [-0.2, -0.15) is 0 Å². The molecule has 2 aromatic rings. The zero-order chi connectivity index (χ0) is 17.8. The van der Waals surface area contributed by atoms with E-state index in [2.05, 4.69) is 40.7 Å². The van der Waals surface area contributed by atoms with Gasteiger partial charge in [-0.25, -0.2) is 4.98 Å². The number of fused-ring (bicyclic) bond motifs is 1. The van der Waals surface area contributed by atoms with Crippen LogP contribution >= 0.6 is 0 Å². The summed E-state index contributed by atoms with van der Waals surface area (Å²) in [7, 11) is 0. The normalized spacial score (nSPS) is 22.9. The Bertz CT molecular complexity index is 708. The number of piperidine rings is 1. The molecule has 1 aromatic heterocycles. The smallest absolute Gasteiger partial charge is 0.114 e. The molecule has 0 bridgehead atoms. The molecule has 5 nitrogen and oxygen atoms in total. The summed E-state index contributed by atoms with van der Waals surface area (Å²) >= 11 is 0. The number of likely N-dealkylation sites (tertiary alicyclic amines) is 1. The number of aromatic nitrogens is 2. The molecule has 2 saturated heterocycles. The molecule has 142 valence electrons. The van der Waals surface area contributed by atoms with E-state index >= 15 is 0 Å². The summed E-state index contributed by atoms with van der Waals surface area (Å²) in [5.41, 5.74) is 2.35. The fourth-order valence-electron chi connectivity index (χ4n) is 4.54. The minimum atomic E-state index is 0.514. The van der Waals surface area contributed by atoms with Crippen molar-refractivity contribution in [1.82, 2.24) is 14.5 Å². The predicted octanol–water partition coefficient (Wildman–Crippen LogP) is 3.43. The molecule has 0 spiro atoms. The lowest BCUT2D eigenvalue weighted by atomic mass is 9.94. The quantitative estimate of drug-likeness (QED) is 0.743. The van der Waals surface area contributed by atoms with Crippen LogP contribution in [0, 0.1) is 0 Å². The number of para-hydroxylation sites is 2. The monoisotopic (exact) mass is 357 g/mol. The molecule has 2 aliphatic rings. The van der Waals surface area contributed by atoms with Gasteiger partial charge in [0.1, 0.15) is 5.82 Å². The SMILES string of the molecule is CCOCCn1c([C@@H]2CCCN(C3CCOCC3)C2)nc2ccccc21. The molecule has 4 rings (SSSR count). The highest BCUT2D eigenvalue weighted by atomic mass is 16.5. The van der Waals surface area contributed by atoms with Crippen molar-refractivity contribution in [3.63, 3.8) is 0 Å². The first kappa shape index (κ1) is 18.0. The third kappa shape index (κ3) is 3.80. The zero-order valence-electron chi connectivity index (χ0n) is 15.9. The van der Waals surface area contributed by atoms with Gasteiger partial charge in [0.05, 0.1) is 17.6 Å². The van der Waals surface area contributed by atoms with Gasteiger partial charge in [0.25, 0.3) is 0 Å². The molecule has 0 aliphatic carbocycles. The summed E-state index contributed by atoms with van der Waals surface area (Å²) in [5, 5.41) is 0. The Hall–Kier alpha value is -1.43. The van der Waals surface area contributed by atoms with Crippen molar-refractivity contribution in [2.45, 2.75) is 51.1 Å². The van der Waals surface area contributed by atoms with Crippen LogP contribution in [-0.2, 0) is 16.0 Å². The number of hydrogen-bond donors (Lipinski definition) is 0. The zero-order valence-corrected chi connectivity index (χ0v) is 15.9. The molecule has 2 fully saturated rings. The maximum atomic E-state index is 5.64. The summed E-state index contributed by atoms with van der Waals surface area (Å²) in [6.07, 6.45) is 4.84. The maximum absolute atomic E-state index is 5.64. The fraction of sp³-hybridized carbons (Fsp3) is 0.667. The van der Waals surface area contributed by atoms with E-state index in [1.807, 2.05) is 0 Å². The average molecular weight is 357 g/mol. The Balaban J connectivity index is 1.57. The summed E-state index contributed by atoms with van der Waals surface area (Å²) in [6.45, 7) is 8.64. The van der Waals surface area contributed by atoms with Crippen molar-refractivity contribution in [2.24, 2.45) is 0 Å². The average Bonchev–Trinajstić information content (AvgIpc) is 3.08. The molecule has 0 unspecified atom stereocenters. The second-order valence-electron chi connectivity index (χ2n) is 7.48. The topological polar surface area (TPSA) is 39.5 Å². The molecular formula is C21H31N3O2. The number of nitrogens with zero attached hydrogens (tertiary/aromatic N) is 3. The van der Waals surface area contributed by atoms with Gasteiger partial charge in [0, 0.05) is 44.9 Å². The van der Waals surface area contributed by atoms with Crippen LogP contribution in [0.25, 0.3) is 11.0 Å². The summed E-state index contributed by atoms with van der Waals surface area (Å²) in [5.74, 6) is 1.77. The third-order valence-electron chi connectivity index (χ3n) is 5.87. The molecule has 3 heterocycles. The first-order valence-corrected chi connectivity index (χ1v) is 10.2. The van der Waals surface area contributed by atoms with Gasteiger partial charge in [-0.3, -0.25) is 4.90 Å². The maximum Gasteiger partial charge on any atom is 0.114 e. The summed E-state index contributed by atoms with van der Waals surface area (Å²) in [4.78, 5) is 7.75. The number of rotatable bonds is 6. The fourth-order valence-corrected chi connectivity index (χ4v) is 4.54. The summed E-state index contributed by atoms with van der Waals surface area (Å²) in [6, 6.07) is 9.21. The minimum Gasteiger partial charge on any atom is -0.381 e. The van der Waals surface area contributed by atoms with Crippen molar-refractivity contribution in [2.75, 3.05) is 39.5 Å². The van der Waals surface area contributed by atoms with Crippen LogP contribution in [0.3, 0.4) is 0 Å². The van der Waals surface area contributed by atoms with Gasteiger partial charge in [-0.1, -0.05) is 12.1 Å². The highest BCUT2D eigenvalue weighted by Gasteiger charge is 2.30. The van der Waals surface area contributed by atoms with Gasteiger partial charge in [0.15, 0.2) is 0 Å². The molecule has 2 aliphatic heterocycles. The van der Waals surface area contributed by atoms with Crippen LogP contribution in [0.15, 0.2) is 24.3 Å². The lowest BCUT2D eigenvalue weighted by molar-refractivity contribution is 0.0232. The number of hydrogen-bond acceptors (Lipinski definition) is 4. The van der Waals surface area contributed by atoms with E-state index < -0.39 is 0 Å². The van der Waals surface area contributed by atoms with E-state index in [0.717, 1.165) is 45.0 Å². The Labute approximate surface area is 156 Å². The van der Waals surface area contributed by atoms with E-state index in [4.69, 9.17) is 14.5 Å². The van der Waals surface area contributed by atoms with E-state index in [-0.39, 0.29) is 0 Å². The number of ether oxygens (including phenoxy) is 2. The van der Waals surface area contributed by atoms with Crippen LogP contribution in [0.4, 0.5) is 0 Å². The predicted molar refractivity (Wildman–Crippen MR) is 104 cm³/mol. The molecule has 0 saturated carbocycles. The van der Waals surface area contributed by atoms with Gasteiger partial charge >= 0.3 is 0 Å². The molecule has 1 aromatic carbocycles. The molecule has 1 atom stereocenters. The molecule has 5 heteroatoms. The third-order valence-corrected chi connectivity index (χ3v) is 5.87. The first-order chi connectivity index (χ1) is 12.9. The van der Waals surface area contributed by atoms with Gasteiger partial charge in [-0.15, -0.1) is 0 Å². The van der Waals surface area contributed by atoms with Gasteiger partial charge in [0.2, 0.25) is 0 Å². The van der Waals surface area contributed by atoms with Crippen LogP contribution in [0.2, 0.25) is 0 Å². The minimum absolute atomic E-state index is 0.514. The molecular weight excluding hydrogens is 326 g/mol. The Morgan fingerprint density at radius 1 is 1.19 bits per heavy atom. The lowest BCUT2D eigenvalue weighted by Crippen LogP contribution is -2.45.